The van der Waals surface area contributed by atoms with Crippen LogP contribution in [0.3, 0.4) is 0 Å². The van der Waals surface area contributed by atoms with Crippen LogP contribution in [0.1, 0.15) is 25.0 Å². The van der Waals surface area contributed by atoms with Gasteiger partial charge in [0.25, 0.3) is 0 Å². The minimum absolute atomic E-state index is 0.0974. The van der Waals surface area contributed by atoms with Crippen LogP contribution < -0.4 is 0 Å². The van der Waals surface area contributed by atoms with Gasteiger partial charge in [-0.25, -0.2) is 0 Å². The van der Waals surface area contributed by atoms with Crippen molar-refractivity contribution in [2.75, 3.05) is 0 Å². The van der Waals surface area contributed by atoms with Gasteiger partial charge in [0.2, 0.25) is 0 Å². The van der Waals surface area contributed by atoms with Gasteiger partial charge in [0, 0.05) is 17.2 Å². The first-order valence-corrected chi connectivity index (χ1v) is 5.26. The lowest BCUT2D eigenvalue weighted by Crippen LogP contribution is -2.14. The molecule has 1 heterocycles. The highest BCUT2D eigenvalue weighted by Gasteiger charge is 2.35. The summed E-state index contributed by atoms with van der Waals surface area (Å²) in [5.74, 6) is 0. The fourth-order valence-corrected chi connectivity index (χ4v) is 2.50. The van der Waals surface area contributed by atoms with E-state index in [0.29, 0.717) is 0 Å². The van der Waals surface area contributed by atoms with Gasteiger partial charge in [-0.05, 0) is 17.2 Å². The predicted molar refractivity (Wildman–Crippen MR) is 61.8 cm³/mol. The molecule has 0 spiro atoms. The number of nitrogens with zero attached hydrogens (tertiary/aromatic N) is 1. The molecule has 0 saturated carbocycles. The molecule has 15 heavy (non-hydrogen) atoms. The van der Waals surface area contributed by atoms with E-state index in [2.05, 4.69) is 49.2 Å². The largest absolute Gasteiger partial charge is 0.256 e. The van der Waals surface area contributed by atoms with Gasteiger partial charge in [-0.2, -0.15) is 0 Å². The zero-order valence-corrected chi connectivity index (χ0v) is 8.99. The van der Waals surface area contributed by atoms with Crippen molar-refractivity contribution in [1.82, 2.24) is 4.98 Å². The third kappa shape index (κ3) is 1.01. The number of benzene rings is 1. The first-order valence-electron chi connectivity index (χ1n) is 5.26. The van der Waals surface area contributed by atoms with E-state index in [9.17, 15) is 0 Å². The Hall–Kier alpha value is -1.63. The van der Waals surface area contributed by atoms with Crippen LogP contribution in [-0.2, 0) is 5.41 Å². The molecule has 0 saturated heterocycles. The Bertz CT molecular complexity index is 479. The molecule has 0 amide bonds. The highest BCUT2D eigenvalue weighted by Crippen LogP contribution is 2.46. The smallest absolute Gasteiger partial charge is 0.0745 e. The molecule has 74 valence electrons. The Kier molecular flexibility index (Phi) is 1.55. The third-order valence-corrected chi connectivity index (χ3v) is 3.34. The molecule has 0 atom stereocenters. The lowest BCUT2D eigenvalue weighted by atomic mass is 9.83. The molecule has 1 aliphatic carbocycles. The average Bonchev–Trinajstić information content (AvgIpc) is 2.51. The number of aromatic nitrogens is 1. The lowest BCUT2D eigenvalue weighted by Gasteiger charge is -2.20. The number of hydrogen-bond donors (Lipinski definition) is 0. The van der Waals surface area contributed by atoms with E-state index in [-0.39, 0.29) is 5.41 Å². The lowest BCUT2D eigenvalue weighted by molar-refractivity contribution is 0.659. The van der Waals surface area contributed by atoms with E-state index in [1.165, 1.54) is 16.7 Å². The highest BCUT2D eigenvalue weighted by molar-refractivity contribution is 5.77. The highest BCUT2D eigenvalue weighted by atomic mass is 14.7. The molecule has 0 bridgehead atoms. The predicted octanol–water partition coefficient (Wildman–Crippen LogP) is 3.39. The summed E-state index contributed by atoms with van der Waals surface area (Å²) in [6.07, 6.45) is 1.87. The van der Waals surface area contributed by atoms with Gasteiger partial charge in [-0.3, -0.25) is 4.98 Å². The Labute approximate surface area is 89.8 Å². The molecule has 0 aliphatic heterocycles. The zero-order chi connectivity index (χ0) is 10.5. The molecular weight excluding hydrogens is 182 g/mol. The Balaban J connectivity index is 2.42. The second-order valence-electron chi connectivity index (χ2n) is 4.57. The maximum Gasteiger partial charge on any atom is 0.0745 e. The van der Waals surface area contributed by atoms with Crippen LogP contribution in [-0.4, -0.2) is 4.98 Å². The van der Waals surface area contributed by atoms with Crippen LogP contribution in [0, 0.1) is 0 Å². The van der Waals surface area contributed by atoms with Crippen LogP contribution in [0.25, 0.3) is 11.3 Å². The van der Waals surface area contributed by atoms with Gasteiger partial charge < -0.3 is 0 Å². The van der Waals surface area contributed by atoms with Gasteiger partial charge >= 0.3 is 0 Å². The van der Waals surface area contributed by atoms with Crippen LogP contribution in [0.5, 0.6) is 0 Å². The van der Waals surface area contributed by atoms with Crippen molar-refractivity contribution in [3.63, 3.8) is 0 Å². The van der Waals surface area contributed by atoms with E-state index in [0.717, 1.165) is 5.69 Å². The van der Waals surface area contributed by atoms with Gasteiger partial charge in [-0.15, -0.1) is 0 Å². The van der Waals surface area contributed by atoms with Crippen LogP contribution in [0.15, 0.2) is 42.6 Å². The fraction of sp³-hybridized carbons (Fsp3) is 0.214. The van der Waals surface area contributed by atoms with Crippen molar-refractivity contribution in [3.05, 3.63) is 53.7 Å². The molecule has 0 fully saturated rings. The number of rotatable bonds is 0. The van der Waals surface area contributed by atoms with E-state index in [1.807, 2.05) is 12.3 Å². The molecule has 1 aliphatic rings. The first-order chi connectivity index (χ1) is 7.21. The molecule has 1 heteroatoms. The summed E-state index contributed by atoms with van der Waals surface area (Å²) in [6, 6.07) is 12.8. The second kappa shape index (κ2) is 2.69. The van der Waals surface area contributed by atoms with E-state index in [4.69, 9.17) is 0 Å². The van der Waals surface area contributed by atoms with E-state index >= 15 is 0 Å². The van der Waals surface area contributed by atoms with Crippen LogP contribution in [0.4, 0.5) is 0 Å². The molecule has 1 nitrogen and oxygen atoms in total. The number of fused-ring (bicyclic) bond motifs is 3. The van der Waals surface area contributed by atoms with Crippen molar-refractivity contribution in [3.8, 4) is 11.3 Å². The van der Waals surface area contributed by atoms with Gasteiger partial charge in [0.15, 0.2) is 0 Å². The summed E-state index contributed by atoms with van der Waals surface area (Å²) in [7, 11) is 0. The van der Waals surface area contributed by atoms with E-state index in [1.54, 1.807) is 0 Å². The van der Waals surface area contributed by atoms with E-state index < -0.39 is 0 Å². The summed E-state index contributed by atoms with van der Waals surface area (Å²) in [5, 5.41) is 0. The van der Waals surface area contributed by atoms with Gasteiger partial charge in [0.05, 0.1) is 5.69 Å². The standard InChI is InChI=1S/C14H13N/c1-14(2)11-7-4-3-6-10(11)13-12(14)8-5-9-15-13/h3-9H,1-2H3. The zero-order valence-electron chi connectivity index (χ0n) is 8.99. The Morgan fingerprint density at radius 1 is 0.933 bits per heavy atom. The molecule has 2 aromatic rings. The van der Waals surface area contributed by atoms with Crippen LogP contribution >= 0.6 is 0 Å². The average molecular weight is 195 g/mol. The summed E-state index contributed by atoms with van der Waals surface area (Å²) in [5.41, 5.74) is 5.27. The Morgan fingerprint density at radius 3 is 2.53 bits per heavy atom. The Morgan fingerprint density at radius 2 is 1.67 bits per heavy atom. The van der Waals surface area contributed by atoms with Gasteiger partial charge in [0.1, 0.15) is 0 Å². The molecular formula is C14H13N. The number of hydrogen-bond acceptors (Lipinski definition) is 1. The molecule has 1 aromatic carbocycles. The molecule has 0 N–H and O–H groups in total. The second-order valence-corrected chi connectivity index (χ2v) is 4.57. The van der Waals surface area contributed by atoms with Crippen molar-refractivity contribution in [1.29, 1.82) is 0 Å². The SMILES string of the molecule is CC1(C)c2ccccc2-c2ncccc21. The van der Waals surface area contributed by atoms with Crippen molar-refractivity contribution in [2.24, 2.45) is 0 Å². The topological polar surface area (TPSA) is 12.9 Å². The quantitative estimate of drug-likeness (QED) is 0.628. The minimum Gasteiger partial charge on any atom is -0.256 e. The summed E-state index contributed by atoms with van der Waals surface area (Å²) in [4.78, 5) is 4.50. The van der Waals surface area contributed by atoms with Crippen molar-refractivity contribution in [2.45, 2.75) is 19.3 Å². The molecule has 0 radical (unpaired) electrons. The maximum absolute atomic E-state index is 4.50. The maximum atomic E-state index is 4.50. The fourth-order valence-electron chi connectivity index (χ4n) is 2.50. The van der Waals surface area contributed by atoms with Gasteiger partial charge in [-0.1, -0.05) is 44.2 Å². The molecule has 1 aromatic heterocycles. The number of pyridine rings is 1. The molecule has 3 rings (SSSR count). The van der Waals surface area contributed by atoms with Crippen molar-refractivity contribution >= 4 is 0 Å². The first kappa shape index (κ1) is 8.66. The minimum atomic E-state index is 0.0974. The monoisotopic (exact) mass is 195 g/mol. The third-order valence-electron chi connectivity index (χ3n) is 3.34. The summed E-state index contributed by atoms with van der Waals surface area (Å²) >= 11 is 0. The summed E-state index contributed by atoms with van der Waals surface area (Å²) in [6.45, 7) is 4.53. The molecule has 0 unspecified atom stereocenters. The van der Waals surface area contributed by atoms with Crippen molar-refractivity contribution < 1.29 is 0 Å². The normalized spacial score (nSPS) is 15.9. The summed E-state index contributed by atoms with van der Waals surface area (Å²) < 4.78 is 0. The van der Waals surface area contributed by atoms with Crippen LogP contribution in [0.2, 0.25) is 0 Å².